The molecule has 3 rings (SSSR count). The largest absolute Gasteiger partial charge is 0.497 e. The average Bonchev–Trinajstić information content (AvgIpc) is 2.59. The lowest BCUT2D eigenvalue weighted by molar-refractivity contribution is 0.393. The molecule has 0 radical (unpaired) electrons. The minimum Gasteiger partial charge on any atom is -0.497 e. The molecule has 2 aromatic carbocycles. The van der Waals surface area contributed by atoms with E-state index in [0.29, 0.717) is 10.9 Å². The van der Waals surface area contributed by atoms with E-state index in [-0.39, 0.29) is 27.5 Å². The van der Waals surface area contributed by atoms with Gasteiger partial charge in [-0.25, -0.2) is 17.9 Å². The molecule has 0 saturated heterocycles. The highest BCUT2D eigenvalue weighted by Crippen LogP contribution is 2.41. The molecule has 1 aromatic heterocycles. The fraction of sp³-hybridized carbons (Fsp3) is 0.118. The standard InChI is InChI=1S/C17H15FN2O4S/c1-23-12-8-14(24-2)16(15(9-12)25(19,21)22)13-7-11(18)6-10-4-3-5-20-17(10)13/h3-9H,1-2H3,(H2,19,21,22). The van der Waals surface area contributed by atoms with Crippen molar-refractivity contribution in [3.63, 3.8) is 0 Å². The number of nitrogens with zero attached hydrogens (tertiary/aromatic N) is 1. The van der Waals surface area contributed by atoms with E-state index in [2.05, 4.69) is 4.98 Å². The minimum absolute atomic E-state index is 0.133. The number of aromatic nitrogens is 1. The minimum atomic E-state index is -4.14. The number of nitrogens with two attached hydrogens (primary N) is 1. The number of methoxy groups -OCH3 is 2. The Balaban J connectivity index is 2.50. The number of sulfonamides is 1. The Morgan fingerprint density at radius 2 is 1.88 bits per heavy atom. The van der Waals surface area contributed by atoms with E-state index in [4.69, 9.17) is 14.6 Å². The second-order valence-corrected chi connectivity index (χ2v) is 6.81. The van der Waals surface area contributed by atoms with Crippen molar-refractivity contribution in [1.29, 1.82) is 0 Å². The molecule has 0 amide bonds. The molecule has 130 valence electrons. The normalized spacial score (nSPS) is 11.5. The third-order valence-electron chi connectivity index (χ3n) is 3.74. The van der Waals surface area contributed by atoms with Gasteiger partial charge in [-0.15, -0.1) is 0 Å². The Labute approximate surface area is 144 Å². The number of primary sulfonamides is 1. The molecule has 0 aliphatic carbocycles. The molecule has 0 fully saturated rings. The highest BCUT2D eigenvalue weighted by atomic mass is 32.2. The fourth-order valence-electron chi connectivity index (χ4n) is 2.68. The van der Waals surface area contributed by atoms with Crippen LogP contribution in [0.25, 0.3) is 22.0 Å². The third-order valence-corrected chi connectivity index (χ3v) is 4.68. The van der Waals surface area contributed by atoms with E-state index in [1.54, 1.807) is 12.1 Å². The number of pyridine rings is 1. The Hall–Kier alpha value is -2.71. The van der Waals surface area contributed by atoms with Crippen LogP contribution in [0.1, 0.15) is 0 Å². The van der Waals surface area contributed by atoms with Crippen LogP contribution >= 0.6 is 0 Å². The predicted molar refractivity (Wildman–Crippen MR) is 91.6 cm³/mol. The summed E-state index contributed by atoms with van der Waals surface area (Å²) in [5.41, 5.74) is 0.824. The fourth-order valence-corrected chi connectivity index (χ4v) is 3.46. The van der Waals surface area contributed by atoms with Gasteiger partial charge in [-0.1, -0.05) is 6.07 Å². The van der Waals surface area contributed by atoms with Gasteiger partial charge in [-0.05, 0) is 18.2 Å². The zero-order valence-corrected chi connectivity index (χ0v) is 14.3. The van der Waals surface area contributed by atoms with E-state index < -0.39 is 15.8 Å². The molecule has 0 unspecified atom stereocenters. The van der Waals surface area contributed by atoms with Gasteiger partial charge in [0.15, 0.2) is 0 Å². The van der Waals surface area contributed by atoms with Gasteiger partial charge in [-0.3, -0.25) is 4.98 Å². The van der Waals surface area contributed by atoms with Crippen molar-refractivity contribution in [3.05, 3.63) is 48.4 Å². The summed E-state index contributed by atoms with van der Waals surface area (Å²) in [7, 11) is -1.37. The van der Waals surface area contributed by atoms with Gasteiger partial charge in [0.05, 0.1) is 24.6 Å². The molecule has 1 heterocycles. The van der Waals surface area contributed by atoms with Gasteiger partial charge in [0, 0.05) is 34.8 Å². The summed E-state index contributed by atoms with van der Waals surface area (Å²) >= 11 is 0. The number of ether oxygens (including phenoxy) is 2. The smallest absolute Gasteiger partial charge is 0.238 e. The number of rotatable bonds is 4. The van der Waals surface area contributed by atoms with E-state index in [0.717, 1.165) is 0 Å². The zero-order valence-electron chi connectivity index (χ0n) is 13.5. The van der Waals surface area contributed by atoms with Crippen molar-refractivity contribution >= 4 is 20.9 Å². The van der Waals surface area contributed by atoms with Crippen LogP contribution in [-0.4, -0.2) is 27.6 Å². The third kappa shape index (κ3) is 3.13. The Kier molecular flexibility index (Phi) is 4.32. The number of hydrogen-bond donors (Lipinski definition) is 1. The lowest BCUT2D eigenvalue weighted by atomic mass is 10.0. The van der Waals surface area contributed by atoms with E-state index in [1.807, 2.05) is 0 Å². The van der Waals surface area contributed by atoms with Crippen LogP contribution in [-0.2, 0) is 10.0 Å². The lowest BCUT2D eigenvalue weighted by Gasteiger charge is -2.16. The second-order valence-electron chi connectivity index (χ2n) is 5.28. The van der Waals surface area contributed by atoms with E-state index in [9.17, 15) is 12.8 Å². The summed E-state index contributed by atoms with van der Waals surface area (Å²) in [4.78, 5) is 4.02. The molecule has 25 heavy (non-hydrogen) atoms. The molecule has 6 nitrogen and oxygen atoms in total. The summed E-state index contributed by atoms with van der Waals surface area (Å²) in [6, 6.07) is 8.64. The molecule has 0 atom stereocenters. The van der Waals surface area contributed by atoms with Gasteiger partial charge in [-0.2, -0.15) is 0 Å². The topological polar surface area (TPSA) is 91.5 Å². The zero-order chi connectivity index (χ0) is 18.2. The number of benzene rings is 2. The number of halogens is 1. The van der Waals surface area contributed by atoms with Crippen molar-refractivity contribution in [3.8, 4) is 22.6 Å². The molecule has 0 saturated carbocycles. The molecule has 0 aliphatic rings. The molecule has 0 bridgehead atoms. The van der Waals surface area contributed by atoms with Crippen molar-refractivity contribution in [1.82, 2.24) is 4.98 Å². The van der Waals surface area contributed by atoms with E-state index >= 15 is 0 Å². The first-order valence-electron chi connectivity index (χ1n) is 7.18. The second kappa shape index (κ2) is 6.30. The Morgan fingerprint density at radius 1 is 1.12 bits per heavy atom. The van der Waals surface area contributed by atoms with Crippen LogP contribution in [0, 0.1) is 5.82 Å². The van der Waals surface area contributed by atoms with Crippen molar-refractivity contribution in [2.24, 2.45) is 5.14 Å². The molecule has 0 aliphatic heterocycles. The molecule has 8 heteroatoms. The average molecular weight is 362 g/mol. The van der Waals surface area contributed by atoms with Crippen LogP contribution in [0.3, 0.4) is 0 Å². The molecule has 2 N–H and O–H groups in total. The van der Waals surface area contributed by atoms with Gasteiger partial charge in [0.2, 0.25) is 10.0 Å². The first kappa shape index (κ1) is 17.1. The van der Waals surface area contributed by atoms with Gasteiger partial charge in [0.1, 0.15) is 17.3 Å². The summed E-state index contributed by atoms with van der Waals surface area (Å²) in [6.07, 6.45) is 1.54. The number of fused-ring (bicyclic) bond motifs is 1. The summed E-state index contributed by atoms with van der Waals surface area (Å²) < 4.78 is 48.8. The number of hydrogen-bond acceptors (Lipinski definition) is 5. The quantitative estimate of drug-likeness (QED) is 0.770. The highest BCUT2D eigenvalue weighted by Gasteiger charge is 2.24. The predicted octanol–water partition coefficient (Wildman–Crippen LogP) is 2.71. The van der Waals surface area contributed by atoms with Crippen LogP contribution in [0.4, 0.5) is 4.39 Å². The monoisotopic (exact) mass is 362 g/mol. The van der Waals surface area contributed by atoms with Crippen LogP contribution < -0.4 is 14.6 Å². The maximum Gasteiger partial charge on any atom is 0.238 e. The van der Waals surface area contributed by atoms with Crippen LogP contribution in [0.2, 0.25) is 0 Å². The summed E-state index contributed by atoms with van der Waals surface area (Å²) in [5, 5.41) is 5.90. The summed E-state index contributed by atoms with van der Waals surface area (Å²) in [6.45, 7) is 0. The maximum absolute atomic E-state index is 14.1. The van der Waals surface area contributed by atoms with Crippen LogP contribution in [0.15, 0.2) is 47.5 Å². The van der Waals surface area contributed by atoms with Gasteiger partial charge >= 0.3 is 0 Å². The first-order chi connectivity index (χ1) is 11.8. The Morgan fingerprint density at radius 3 is 2.52 bits per heavy atom. The van der Waals surface area contributed by atoms with E-state index in [1.165, 1.54) is 44.7 Å². The van der Waals surface area contributed by atoms with Gasteiger partial charge in [0.25, 0.3) is 0 Å². The maximum atomic E-state index is 14.1. The molecular weight excluding hydrogens is 347 g/mol. The van der Waals surface area contributed by atoms with Gasteiger partial charge < -0.3 is 9.47 Å². The SMILES string of the molecule is COc1cc(OC)c(-c2cc(F)cc3cccnc23)c(S(N)(=O)=O)c1. The lowest BCUT2D eigenvalue weighted by Crippen LogP contribution is -2.14. The first-order valence-corrected chi connectivity index (χ1v) is 8.73. The summed E-state index contributed by atoms with van der Waals surface area (Å²) in [5.74, 6) is -0.104. The van der Waals surface area contributed by atoms with Crippen LogP contribution in [0.5, 0.6) is 11.5 Å². The van der Waals surface area contributed by atoms with Crippen molar-refractivity contribution in [2.45, 2.75) is 4.90 Å². The Bertz CT molecular complexity index is 1070. The van der Waals surface area contributed by atoms with Crippen molar-refractivity contribution < 1.29 is 22.3 Å². The molecule has 0 spiro atoms. The van der Waals surface area contributed by atoms with Crippen molar-refractivity contribution in [2.75, 3.05) is 14.2 Å². The molecular formula is C17H15FN2O4S. The highest BCUT2D eigenvalue weighted by molar-refractivity contribution is 7.89. The molecule has 3 aromatic rings.